The summed E-state index contributed by atoms with van der Waals surface area (Å²) in [5, 5.41) is 23.7. The number of ether oxygens (including phenoxy) is 2. The lowest BCUT2D eigenvalue weighted by molar-refractivity contribution is -0.292. The predicted molar refractivity (Wildman–Crippen MR) is 107 cm³/mol. The predicted octanol–water partition coefficient (Wildman–Crippen LogP) is 4.65. The summed E-state index contributed by atoms with van der Waals surface area (Å²) in [6.45, 7) is 1.84. The van der Waals surface area contributed by atoms with E-state index in [1.807, 2.05) is 43.3 Å². The third kappa shape index (κ3) is 3.01. The maximum atomic E-state index is 14.5. The van der Waals surface area contributed by atoms with Gasteiger partial charge in [-0.1, -0.05) is 55.5 Å². The van der Waals surface area contributed by atoms with Crippen LogP contribution in [0.25, 0.3) is 10.8 Å². The van der Waals surface area contributed by atoms with Gasteiger partial charge in [0, 0.05) is 29.9 Å². The molecular formula is C24H23FO4. The van der Waals surface area contributed by atoms with Gasteiger partial charge in [0.05, 0.1) is 18.3 Å². The highest BCUT2D eigenvalue weighted by Crippen LogP contribution is 2.51. The minimum Gasteiger partial charge on any atom is -0.462 e. The Hall–Kier alpha value is -2.47. The molecule has 5 atom stereocenters. The van der Waals surface area contributed by atoms with Crippen LogP contribution in [-0.2, 0) is 4.74 Å². The van der Waals surface area contributed by atoms with Crippen molar-refractivity contribution in [2.45, 2.75) is 43.9 Å². The van der Waals surface area contributed by atoms with Crippen molar-refractivity contribution < 1.29 is 24.1 Å². The molecule has 4 nitrogen and oxygen atoms in total. The number of hydrogen-bond acceptors (Lipinski definition) is 4. The summed E-state index contributed by atoms with van der Waals surface area (Å²) >= 11 is 0. The van der Waals surface area contributed by atoms with Gasteiger partial charge in [0.2, 0.25) is 5.79 Å². The first-order valence-electron chi connectivity index (χ1n) is 9.96. The standard InChI is InChI=1S/C24H23FO4/c1-14-19(26)12-24(29-23(14)17-8-4-5-9-18(17)25)13-20(27)22-16-7-3-2-6-15(16)10-11-21(22)28-24/h2-11,14,19-20,23,26-27H,12-13H2,1H3/t14-,19+,20+,23?,24+/m1/s1. The van der Waals surface area contributed by atoms with Gasteiger partial charge < -0.3 is 19.7 Å². The number of aliphatic hydroxyl groups is 2. The van der Waals surface area contributed by atoms with Crippen molar-refractivity contribution in [2.75, 3.05) is 0 Å². The fourth-order valence-corrected chi connectivity index (χ4v) is 4.69. The molecule has 2 aliphatic rings. The molecule has 3 aromatic rings. The van der Waals surface area contributed by atoms with Gasteiger partial charge in [0.1, 0.15) is 11.6 Å². The second-order valence-electron chi connectivity index (χ2n) is 8.12. The Balaban J connectivity index is 1.56. The molecule has 150 valence electrons. The monoisotopic (exact) mass is 394 g/mol. The molecule has 0 aliphatic carbocycles. The fraction of sp³-hybridized carbons (Fsp3) is 0.333. The topological polar surface area (TPSA) is 58.9 Å². The molecule has 0 radical (unpaired) electrons. The van der Waals surface area contributed by atoms with Crippen molar-refractivity contribution in [2.24, 2.45) is 5.92 Å². The summed E-state index contributed by atoms with van der Waals surface area (Å²) in [6.07, 6.45) is -1.85. The van der Waals surface area contributed by atoms with Crippen LogP contribution in [-0.4, -0.2) is 22.1 Å². The van der Waals surface area contributed by atoms with Gasteiger partial charge in [-0.2, -0.15) is 0 Å². The normalized spacial score (nSPS) is 31.4. The van der Waals surface area contributed by atoms with E-state index < -0.39 is 24.1 Å². The highest BCUT2D eigenvalue weighted by atomic mass is 19.1. The zero-order chi connectivity index (χ0) is 20.2. The van der Waals surface area contributed by atoms with Crippen LogP contribution in [0.1, 0.15) is 43.1 Å². The van der Waals surface area contributed by atoms with E-state index in [9.17, 15) is 14.6 Å². The van der Waals surface area contributed by atoms with Gasteiger partial charge in [0.25, 0.3) is 0 Å². The van der Waals surface area contributed by atoms with E-state index in [1.54, 1.807) is 18.2 Å². The van der Waals surface area contributed by atoms with E-state index in [2.05, 4.69) is 0 Å². The Labute approximate surface area is 168 Å². The Morgan fingerprint density at radius 2 is 1.72 bits per heavy atom. The highest BCUT2D eigenvalue weighted by Gasteiger charge is 2.51. The molecule has 1 fully saturated rings. The van der Waals surface area contributed by atoms with E-state index in [-0.39, 0.29) is 24.6 Å². The van der Waals surface area contributed by atoms with Crippen LogP contribution < -0.4 is 4.74 Å². The summed E-state index contributed by atoms with van der Waals surface area (Å²) in [6, 6.07) is 18.0. The second kappa shape index (κ2) is 6.80. The van der Waals surface area contributed by atoms with Crippen LogP contribution in [0.2, 0.25) is 0 Å². The lowest BCUT2D eigenvalue weighted by Gasteiger charge is -2.49. The molecule has 5 heteroatoms. The quantitative estimate of drug-likeness (QED) is 0.631. The second-order valence-corrected chi connectivity index (χ2v) is 8.12. The first kappa shape index (κ1) is 18.6. The van der Waals surface area contributed by atoms with E-state index in [1.165, 1.54) is 6.07 Å². The van der Waals surface area contributed by atoms with Crippen LogP contribution in [0.15, 0.2) is 60.7 Å². The number of aliphatic hydroxyl groups excluding tert-OH is 2. The minimum absolute atomic E-state index is 0.169. The maximum absolute atomic E-state index is 14.5. The van der Waals surface area contributed by atoms with E-state index in [0.717, 1.165) is 16.3 Å². The van der Waals surface area contributed by atoms with E-state index in [4.69, 9.17) is 9.47 Å². The number of rotatable bonds is 1. The van der Waals surface area contributed by atoms with Crippen molar-refractivity contribution in [1.29, 1.82) is 0 Å². The van der Waals surface area contributed by atoms with Gasteiger partial charge in [-0.25, -0.2) is 4.39 Å². The van der Waals surface area contributed by atoms with E-state index >= 15 is 0 Å². The highest BCUT2D eigenvalue weighted by molar-refractivity contribution is 5.88. The SMILES string of the molecule is C[C@H]1C(c2ccccc2F)O[C@]2(C[C@H](O)c3c(ccc4ccccc34)O2)C[C@@H]1O. The summed E-state index contributed by atoms with van der Waals surface area (Å²) < 4.78 is 27.1. The molecule has 1 spiro atoms. The molecule has 0 saturated carbocycles. The van der Waals surface area contributed by atoms with Crippen LogP contribution in [0.3, 0.4) is 0 Å². The lowest BCUT2D eigenvalue weighted by Crippen LogP contribution is -2.53. The van der Waals surface area contributed by atoms with Crippen molar-refractivity contribution in [1.82, 2.24) is 0 Å². The van der Waals surface area contributed by atoms with Gasteiger partial charge in [-0.3, -0.25) is 0 Å². The number of fused-ring (bicyclic) bond motifs is 3. The third-order valence-corrected chi connectivity index (χ3v) is 6.22. The number of halogens is 1. The zero-order valence-corrected chi connectivity index (χ0v) is 16.1. The van der Waals surface area contributed by atoms with Gasteiger partial charge in [-0.15, -0.1) is 0 Å². The van der Waals surface area contributed by atoms with Gasteiger partial charge in [-0.05, 0) is 22.9 Å². The van der Waals surface area contributed by atoms with Gasteiger partial charge >= 0.3 is 0 Å². The molecule has 3 aromatic carbocycles. The van der Waals surface area contributed by atoms with Crippen molar-refractivity contribution in [3.05, 3.63) is 77.6 Å². The lowest BCUT2D eigenvalue weighted by atomic mass is 9.81. The average Bonchev–Trinajstić information content (AvgIpc) is 2.71. The molecule has 0 amide bonds. The maximum Gasteiger partial charge on any atom is 0.216 e. The molecule has 1 unspecified atom stereocenters. The number of hydrogen-bond donors (Lipinski definition) is 2. The van der Waals surface area contributed by atoms with Crippen LogP contribution in [0, 0.1) is 11.7 Å². The molecule has 2 aliphatic heterocycles. The zero-order valence-electron chi connectivity index (χ0n) is 16.1. The van der Waals surface area contributed by atoms with Crippen molar-refractivity contribution in [3.63, 3.8) is 0 Å². The fourth-order valence-electron chi connectivity index (χ4n) is 4.69. The Morgan fingerprint density at radius 3 is 2.55 bits per heavy atom. The van der Waals surface area contributed by atoms with Crippen LogP contribution >= 0.6 is 0 Å². The summed E-state index contributed by atoms with van der Waals surface area (Å²) in [5.74, 6) is -1.36. The summed E-state index contributed by atoms with van der Waals surface area (Å²) in [5.41, 5.74) is 1.12. The molecule has 2 heterocycles. The molecule has 0 bridgehead atoms. The third-order valence-electron chi connectivity index (χ3n) is 6.22. The molecule has 29 heavy (non-hydrogen) atoms. The summed E-state index contributed by atoms with van der Waals surface area (Å²) in [7, 11) is 0. The largest absolute Gasteiger partial charge is 0.462 e. The van der Waals surface area contributed by atoms with Crippen molar-refractivity contribution in [3.8, 4) is 5.75 Å². The Morgan fingerprint density at radius 1 is 0.966 bits per heavy atom. The first-order chi connectivity index (χ1) is 14.0. The van der Waals surface area contributed by atoms with E-state index in [0.29, 0.717) is 11.3 Å². The molecule has 0 aromatic heterocycles. The van der Waals surface area contributed by atoms with Crippen molar-refractivity contribution >= 4 is 10.8 Å². The van der Waals surface area contributed by atoms with Gasteiger partial charge in [0.15, 0.2) is 0 Å². The Bertz CT molecular complexity index is 1070. The molecule has 2 N–H and O–H groups in total. The van der Waals surface area contributed by atoms with Crippen LogP contribution in [0.5, 0.6) is 5.75 Å². The summed E-state index contributed by atoms with van der Waals surface area (Å²) in [4.78, 5) is 0. The molecule has 5 rings (SSSR count). The Kier molecular flexibility index (Phi) is 4.35. The molecule has 1 saturated heterocycles. The minimum atomic E-state index is -1.21. The smallest absolute Gasteiger partial charge is 0.216 e. The first-order valence-corrected chi connectivity index (χ1v) is 9.96. The average molecular weight is 394 g/mol. The van der Waals surface area contributed by atoms with Crippen LogP contribution in [0.4, 0.5) is 4.39 Å². The number of benzene rings is 3. The molecular weight excluding hydrogens is 371 g/mol.